The molecule has 0 amide bonds. The van der Waals surface area contributed by atoms with E-state index in [0.29, 0.717) is 5.02 Å². The van der Waals surface area contributed by atoms with Crippen LogP contribution in [0.15, 0.2) is 30.5 Å². The first kappa shape index (κ1) is 13.2. The van der Waals surface area contributed by atoms with Crippen LogP contribution in [0.1, 0.15) is 17.3 Å². The van der Waals surface area contributed by atoms with E-state index in [9.17, 15) is 8.78 Å². The van der Waals surface area contributed by atoms with Gasteiger partial charge in [0.25, 0.3) is 0 Å². The third kappa shape index (κ3) is 2.46. The molecule has 94 valence electrons. The molecule has 2 nitrogen and oxygen atoms in total. The topological polar surface area (TPSA) is 38.9 Å². The summed E-state index contributed by atoms with van der Waals surface area (Å²) in [6.45, 7) is 0. The number of halogens is 4. The zero-order valence-electron chi connectivity index (χ0n) is 9.00. The second kappa shape index (κ2) is 5.18. The van der Waals surface area contributed by atoms with Gasteiger partial charge in [-0.1, -0.05) is 29.3 Å². The van der Waals surface area contributed by atoms with Crippen LogP contribution in [-0.2, 0) is 0 Å². The summed E-state index contributed by atoms with van der Waals surface area (Å²) in [5, 5.41) is 0.489. The third-order valence-corrected chi connectivity index (χ3v) is 2.95. The van der Waals surface area contributed by atoms with Crippen LogP contribution < -0.4 is 5.73 Å². The Morgan fingerprint density at radius 1 is 1.17 bits per heavy atom. The van der Waals surface area contributed by atoms with E-state index in [-0.39, 0.29) is 16.3 Å². The Labute approximate surface area is 112 Å². The fourth-order valence-corrected chi connectivity index (χ4v) is 2.10. The lowest BCUT2D eigenvalue weighted by Crippen LogP contribution is -2.17. The van der Waals surface area contributed by atoms with Gasteiger partial charge in [0, 0.05) is 11.8 Å². The highest BCUT2D eigenvalue weighted by molar-refractivity contribution is 6.34. The molecule has 0 aliphatic rings. The zero-order valence-corrected chi connectivity index (χ0v) is 10.5. The number of nitrogens with two attached hydrogens (primary N) is 1. The maximum Gasteiger partial charge on any atom is 0.131 e. The number of pyridine rings is 1. The monoisotopic (exact) mass is 288 g/mol. The number of hydrogen-bond donors (Lipinski definition) is 1. The lowest BCUT2D eigenvalue weighted by atomic mass is 10.0. The van der Waals surface area contributed by atoms with Gasteiger partial charge < -0.3 is 5.73 Å². The van der Waals surface area contributed by atoms with Crippen molar-refractivity contribution in [1.29, 1.82) is 0 Å². The average Bonchev–Trinajstić information content (AvgIpc) is 2.28. The van der Waals surface area contributed by atoms with Crippen molar-refractivity contribution in [3.8, 4) is 0 Å². The molecule has 1 heterocycles. The summed E-state index contributed by atoms with van der Waals surface area (Å²) < 4.78 is 27.2. The standard InChI is InChI=1S/C12H8Cl2F2N2/c13-6-4-7(14)12(18-5-6)11(17)10-8(15)2-1-3-9(10)16/h1-5,11H,17H2. The van der Waals surface area contributed by atoms with Crippen LogP contribution >= 0.6 is 23.2 Å². The minimum absolute atomic E-state index is 0.164. The van der Waals surface area contributed by atoms with Crippen LogP contribution in [0.4, 0.5) is 8.78 Å². The molecule has 0 bridgehead atoms. The van der Waals surface area contributed by atoms with E-state index in [0.717, 1.165) is 12.1 Å². The molecular weight excluding hydrogens is 281 g/mol. The predicted octanol–water partition coefficient (Wildman–Crippen LogP) is 3.71. The molecule has 0 fully saturated rings. The molecule has 0 saturated carbocycles. The van der Waals surface area contributed by atoms with E-state index < -0.39 is 17.7 Å². The molecule has 0 saturated heterocycles. The van der Waals surface area contributed by atoms with Gasteiger partial charge in [-0.25, -0.2) is 8.78 Å². The van der Waals surface area contributed by atoms with Crippen molar-refractivity contribution in [3.63, 3.8) is 0 Å². The molecule has 1 atom stereocenters. The summed E-state index contributed by atoms with van der Waals surface area (Å²) in [5.74, 6) is -1.48. The second-order valence-electron chi connectivity index (χ2n) is 3.63. The largest absolute Gasteiger partial charge is 0.319 e. The fraction of sp³-hybridized carbons (Fsp3) is 0.0833. The lowest BCUT2D eigenvalue weighted by Gasteiger charge is -2.14. The van der Waals surface area contributed by atoms with Gasteiger partial charge in [0.1, 0.15) is 11.6 Å². The highest BCUT2D eigenvalue weighted by Gasteiger charge is 2.21. The summed E-state index contributed by atoms with van der Waals surface area (Å²) in [4.78, 5) is 3.91. The first-order valence-electron chi connectivity index (χ1n) is 5.01. The lowest BCUT2D eigenvalue weighted by molar-refractivity contribution is 0.541. The Morgan fingerprint density at radius 2 is 1.78 bits per heavy atom. The normalized spacial score (nSPS) is 12.5. The second-order valence-corrected chi connectivity index (χ2v) is 4.48. The zero-order chi connectivity index (χ0) is 13.3. The fourth-order valence-electron chi connectivity index (χ4n) is 1.60. The molecular formula is C12H8Cl2F2N2. The molecule has 2 N–H and O–H groups in total. The van der Waals surface area contributed by atoms with Gasteiger partial charge in [0.2, 0.25) is 0 Å². The van der Waals surface area contributed by atoms with E-state index in [4.69, 9.17) is 28.9 Å². The van der Waals surface area contributed by atoms with Gasteiger partial charge in [0.05, 0.1) is 21.8 Å². The Kier molecular flexibility index (Phi) is 3.80. The third-order valence-electron chi connectivity index (χ3n) is 2.44. The number of rotatable bonds is 2. The molecule has 0 aliphatic carbocycles. The van der Waals surface area contributed by atoms with Crippen molar-refractivity contribution in [1.82, 2.24) is 4.98 Å². The van der Waals surface area contributed by atoms with Crippen LogP contribution in [0.25, 0.3) is 0 Å². The van der Waals surface area contributed by atoms with Gasteiger partial charge in [-0.3, -0.25) is 4.98 Å². The van der Waals surface area contributed by atoms with Crippen molar-refractivity contribution in [2.24, 2.45) is 5.73 Å². The maximum atomic E-state index is 13.6. The minimum Gasteiger partial charge on any atom is -0.319 e. The number of benzene rings is 1. The van der Waals surface area contributed by atoms with Gasteiger partial charge in [-0.2, -0.15) is 0 Å². The van der Waals surface area contributed by atoms with E-state index in [2.05, 4.69) is 4.98 Å². The molecule has 0 aliphatic heterocycles. The van der Waals surface area contributed by atoms with Gasteiger partial charge in [0.15, 0.2) is 0 Å². The molecule has 0 radical (unpaired) electrons. The van der Waals surface area contributed by atoms with Crippen molar-refractivity contribution in [3.05, 3.63) is 63.4 Å². The van der Waals surface area contributed by atoms with Crippen molar-refractivity contribution < 1.29 is 8.78 Å². The molecule has 2 rings (SSSR count). The Balaban J connectivity index is 2.51. The Bertz CT molecular complexity index is 570. The molecule has 1 unspecified atom stereocenters. The van der Waals surface area contributed by atoms with Crippen molar-refractivity contribution in [2.75, 3.05) is 0 Å². The van der Waals surface area contributed by atoms with Crippen LogP contribution in [0.3, 0.4) is 0 Å². The molecule has 1 aromatic heterocycles. The summed E-state index contributed by atoms with van der Waals surface area (Å²) in [5.41, 5.74) is 5.70. The van der Waals surface area contributed by atoms with Crippen LogP contribution in [0.2, 0.25) is 10.0 Å². The number of aromatic nitrogens is 1. The summed E-state index contributed by atoms with van der Waals surface area (Å²) >= 11 is 11.6. The van der Waals surface area contributed by atoms with Gasteiger partial charge >= 0.3 is 0 Å². The summed E-state index contributed by atoms with van der Waals surface area (Å²) in [6.07, 6.45) is 1.32. The molecule has 18 heavy (non-hydrogen) atoms. The van der Waals surface area contributed by atoms with E-state index >= 15 is 0 Å². The molecule has 1 aromatic carbocycles. The SMILES string of the molecule is NC(c1ncc(Cl)cc1Cl)c1c(F)cccc1F. The van der Waals surface area contributed by atoms with Crippen LogP contribution in [0.5, 0.6) is 0 Å². The van der Waals surface area contributed by atoms with Crippen molar-refractivity contribution >= 4 is 23.2 Å². The van der Waals surface area contributed by atoms with E-state index in [1.54, 1.807) is 0 Å². The number of nitrogens with zero attached hydrogens (tertiary/aromatic N) is 1. The highest BCUT2D eigenvalue weighted by atomic mass is 35.5. The Morgan fingerprint density at radius 3 is 2.33 bits per heavy atom. The maximum absolute atomic E-state index is 13.6. The van der Waals surface area contributed by atoms with Gasteiger partial charge in [-0.15, -0.1) is 0 Å². The van der Waals surface area contributed by atoms with E-state index in [1.807, 2.05) is 0 Å². The van der Waals surface area contributed by atoms with Gasteiger partial charge in [-0.05, 0) is 18.2 Å². The first-order valence-corrected chi connectivity index (χ1v) is 5.76. The smallest absolute Gasteiger partial charge is 0.131 e. The summed E-state index contributed by atoms with van der Waals surface area (Å²) in [7, 11) is 0. The highest BCUT2D eigenvalue weighted by Crippen LogP contribution is 2.29. The molecule has 0 spiro atoms. The van der Waals surface area contributed by atoms with Crippen LogP contribution in [-0.4, -0.2) is 4.98 Å². The number of hydrogen-bond acceptors (Lipinski definition) is 2. The van der Waals surface area contributed by atoms with Crippen molar-refractivity contribution in [2.45, 2.75) is 6.04 Å². The summed E-state index contributed by atoms with van der Waals surface area (Å²) in [6, 6.07) is 3.85. The van der Waals surface area contributed by atoms with E-state index in [1.165, 1.54) is 18.3 Å². The minimum atomic E-state index is -1.09. The quantitative estimate of drug-likeness (QED) is 0.915. The van der Waals surface area contributed by atoms with Crippen LogP contribution in [0, 0.1) is 11.6 Å². The first-order chi connectivity index (χ1) is 8.50. The molecule has 6 heteroatoms. The predicted molar refractivity (Wildman–Crippen MR) is 66.6 cm³/mol. The molecule has 2 aromatic rings. The average molecular weight is 289 g/mol. The Hall–Kier alpha value is -1.23.